The summed E-state index contributed by atoms with van der Waals surface area (Å²) in [4.78, 5) is 16.8. The zero-order valence-corrected chi connectivity index (χ0v) is 14.0. The van der Waals surface area contributed by atoms with E-state index in [1.165, 1.54) is 0 Å². The van der Waals surface area contributed by atoms with Crippen molar-refractivity contribution in [3.05, 3.63) is 35.4 Å². The topological polar surface area (TPSA) is 58.8 Å². The summed E-state index contributed by atoms with van der Waals surface area (Å²) < 4.78 is 5.12. The lowest BCUT2D eigenvalue weighted by atomic mass is 10.1. The van der Waals surface area contributed by atoms with E-state index >= 15 is 0 Å². The summed E-state index contributed by atoms with van der Waals surface area (Å²) in [6, 6.07) is 7.60. The minimum Gasteiger partial charge on any atom is -0.383 e. The smallest absolute Gasteiger partial charge is 0.253 e. The van der Waals surface area contributed by atoms with Crippen molar-refractivity contribution in [2.75, 3.05) is 46.4 Å². The molecule has 0 spiro atoms. The van der Waals surface area contributed by atoms with Crippen LogP contribution < -0.4 is 5.73 Å². The Kier molecular flexibility index (Phi) is 8.42. The lowest BCUT2D eigenvalue weighted by molar-refractivity contribution is 0.0759. The highest BCUT2D eigenvalue weighted by Crippen LogP contribution is 2.10. The molecule has 1 aliphatic rings. The molecule has 0 aromatic heterocycles. The van der Waals surface area contributed by atoms with Crippen molar-refractivity contribution < 1.29 is 9.53 Å². The monoisotopic (exact) mass is 327 g/mol. The van der Waals surface area contributed by atoms with Crippen molar-refractivity contribution in [2.45, 2.75) is 13.0 Å². The van der Waals surface area contributed by atoms with Gasteiger partial charge in [-0.3, -0.25) is 9.69 Å². The van der Waals surface area contributed by atoms with Gasteiger partial charge < -0.3 is 15.4 Å². The number of ether oxygens (including phenoxy) is 1. The first-order valence-corrected chi connectivity index (χ1v) is 7.54. The average molecular weight is 328 g/mol. The largest absolute Gasteiger partial charge is 0.383 e. The van der Waals surface area contributed by atoms with E-state index in [0.717, 1.165) is 56.9 Å². The molecule has 0 atom stereocenters. The van der Waals surface area contributed by atoms with Gasteiger partial charge in [0.2, 0.25) is 0 Å². The zero-order chi connectivity index (χ0) is 15.1. The molecule has 5 nitrogen and oxygen atoms in total. The van der Waals surface area contributed by atoms with Gasteiger partial charge in [-0.1, -0.05) is 12.1 Å². The molecule has 1 fully saturated rings. The van der Waals surface area contributed by atoms with Gasteiger partial charge >= 0.3 is 0 Å². The summed E-state index contributed by atoms with van der Waals surface area (Å²) >= 11 is 0. The highest BCUT2D eigenvalue weighted by molar-refractivity contribution is 5.94. The number of benzene rings is 1. The molecule has 22 heavy (non-hydrogen) atoms. The second kappa shape index (κ2) is 9.79. The Morgan fingerprint density at radius 2 is 1.91 bits per heavy atom. The van der Waals surface area contributed by atoms with E-state index < -0.39 is 0 Å². The van der Waals surface area contributed by atoms with Gasteiger partial charge in [0.05, 0.1) is 6.61 Å². The highest BCUT2D eigenvalue weighted by atomic mass is 35.5. The van der Waals surface area contributed by atoms with Crippen LogP contribution in [0.3, 0.4) is 0 Å². The minimum absolute atomic E-state index is 0. The molecule has 0 aliphatic carbocycles. The Morgan fingerprint density at radius 3 is 2.55 bits per heavy atom. The van der Waals surface area contributed by atoms with Gasteiger partial charge in [0.15, 0.2) is 0 Å². The number of halogens is 1. The summed E-state index contributed by atoms with van der Waals surface area (Å²) in [7, 11) is 1.72. The van der Waals surface area contributed by atoms with E-state index in [0.29, 0.717) is 6.54 Å². The first kappa shape index (κ1) is 18.9. The van der Waals surface area contributed by atoms with Gasteiger partial charge in [-0.15, -0.1) is 12.4 Å². The molecule has 0 saturated carbocycles. The molecule has 6 heteroatoms. The van der Waals surface area contributed by atoms with Crippen LogP contribution in [0.25, 0.3) is 0 Å². The molecule has 2 rings (SSSR count). The maximum Gasteiger partial charge on any atom is 0.253 e. The molecular weight excluding hydrogens is 302 g/mol. The molecule has 0 bridgehead atoms. The summed E-state index contributed by atoms with van der Waals surface area (Å²) in [5.74, 6) is 0.118. The molecular formula is C16H26ClN3O2. The van der Waals surface area contributed by atoms with Crippen LogP contribution in [0.2, 0.25) is 0 Å². The highest BCUT2D eigenvalue weighted by Gasteiger charge is 2.19. The molecule has 1 aliphatic heterocycles. The predicted molar refractivity (Wildman–Crippen MR) is 90.4 cm³/mol. The van der Waals surface area contributed by atoms with Gasteiger partial charge in [0, 0.05) is 45.4 Å². The lowest BCUT2D eigenvalue weighted by Crippen LogP contribution is -2.36. The first-order valence-electron chi connectivity index (χ1n) is 7.54. The molecule has 0 radical (unpaired) electrons. The van der Waals surface area contributed by atoms with Crippen LogP contribution in [0, 0.1) is 0 Å². The van der Waals surface area contributed by atoms with Crippen LogP contribution in [0.5, 0.6) is 0 Å². The SMILES string of the molecule is COCCN1CCCN(C(=O)c2ccc(CN)cc2)CC1.Cl. The van der Waals surface area contributed by atoms with Crippen molar-refractivity contribution in [3.63, 3.8) is 0 Å². The van der Waals surface area contributed by atoms with E-state index in [4.69, 9.17) is 10.5 Å². The van der Waals surface area contributed by atoms with Gasteiger partial charge in [0.25, 0.3) is 5.91 Å². The average Bonchev–Trinajstić information content (AvgIpc) is 2.78. The fraction of sp³-hybridized carbons (Fsp3) is 0.562. The fourth-order valence-corrected chi connectivity index (χ4v) is 2.58. The minimum atomic E-state index is 0. The fourth-order valence-electron chi connectivity index (χ4n) is 2.58. The standard InChI is InChI=1S/C16H25N3O2.ClH/c1-21-12-11-18-7-2-8-19(10-9-18)16(20)15-5-3-14(13-17)4-6-15;/h3-6H,2,7-13,17H2,1H3;1H. The van der Waals surface area contributed by atoms with Crippen LogP contribution in [0.15, 0.2) is 24.3 Å². The van der Waals surface area contributed by atoms with Gasteiger partial charge in [-0.05, 0) is 30.7 Å². The third kappa shape index (κ3) is 5.25. The Labute approximate surface area is 138 Å². The third-order valence-electron chi connectivity index (χ3n) is 3.92. The number of hydrogen-bond donors (Lipinski definition) is 1. The van der Waals surface area contributed by atoms with Crippen molar-refractivity contribution in [3.8, 4) is 0 Å². The summed E-state index contributed by atoms with van der Waals surface area (Å²) in [6.45, 7) is 5.72. The number of carbonyl (C=O) groups is 1. The number of amides is 1. The number of nitrogens with two attached hydrogens (primary N) is 1. The Bertz CT molecular complexity index is 453. The third-order valence-corrected chi connectivity index (χ3v) is 3.92. The molecule has 1 amide bonds. The molecule has 1 saturated heterocycles. The van der Waals surface area contributed by atoms with Crippen LogP contribution in [0.1, 0.15) is 22.3 Å². The number of hydrogen-bond acceptors (Lipinski definition) is 4. The van der Waals surface area contributed by atoms with Crippen molar-refractivity contribution in [1.82, 2.24) is 9.80 Å². The second-order valence-electron chi connectivity index (χ2n) is 5.38. The Balaban J connectivity index is 0.00000242. The van der Waals surface area contributed by atoms with E-state index in [1.807, 2.05) is 29.2 Å². The lowest BCUT2D eigenvalue weighted by Gasteiger charge is -2.22. The number of nitrogens with zero attached hydrogens (tertiary/aromatic N) is 2. The molecule has 1 aromatic rings. The van der Waals surface area contributed by atoms with Crippen molar-refractivity contribution in [2.24, 2.45) is 5.73 Å². The quantitative estimate of drug-likeness (QED) is 0.887. The van der Waals surface area contributed by atoms with Crippen LogP contribution in [0.4, 0.5) is 0 Å². The molecule has 1 heterocycles. The normalized spacial score (nSPS) is 16.0. The Morgan fingerprint density at radius 1 is 1.18 bits per heavy atom. The molecule has 0 unspecified atom stereocenters. The Hall–Kier alpha value is -1.14. The number of methoxy groups -OCH3 is 1. The molecule has 1 aromatic carbocycles. The molecule has 2 N–H and O–H groups in total. The molecule has 124 valence electrons. The second-order valence-corrected chi connectivity index (χ2v) is 5.38. The van der Waals surface area contributed by atoms with Crippen molar-refractivity contribution >= 4 is 18.3 Å². The van der Waals surface area contributed by atoms with Crippen LogP contribution in [-0.2, 0) is 11.3 Å². The van der Waals surface area contributed by atoms with Gasteiger partial charge in [-0.25, -0.2) is 0 Å². The van der Waals surface area contributed by atoms with Crippen LogP contribution in [-0.4, -0.2) is 62.1 Å². The van der Waals surface area contributed by atoms with Crippen molar-refractivity contribution in [1.29, 1.82) is 0 Å². The van der Waals surface area contributed by atoms with Crippen LogP contribution >= 0.6 is 12.4 Å². The van der Waals surface area contributed by atoms with Gasteiger partial charge in [-0.2, -0.15) is 0 Å². The predicted octanol–water partition coefficient (Wildman–Crippen LogP) is 1.36. The summed E-state index contributed by atoms with van der Waals surface area (Å²) in [6.07, 6.45) is 1.01. The number of carbonyl (C=O) groups excluding carboxylic acids is 1. The maximum absolute atomic E-state index is 12.5. The first-order chi connectivity index (χ1) is 10.2. The number of rotatable bonds is 5. The van der Waals surface area contributed by atoms with E-state index in [1.54, 1.807) is 7.11 Å². The zero-order valence-electron chi connectivity index (χ0n) is 13.2. The van der Waals surface area contributed by atoms with E-state index in [-0.39, 0.29) is 18.3 Å². The summed E-state index contributed by atoms with van der Waals surface area (Å²) in [5.41, 5.74) is 7.38. The van der Waals surface area contributed by atoms with Gasteiger partial charge in [0.1, 0.15) is 0 Å². The maximum atomic E-state index is 12.5. The summed E-state index contributed by atoms with van der Waals surface area (Å²) in [5, 5.41) is 0. The van der Waals surface area contributed by atoms with E-state index in [9.17, 15) is 4.79 Å². The van der Waals surface area contributed by atoms with E-state index in [2.05, 4.69) is 4.90 Å².